The van der Waals surface area contributed by atoms with E-state index >= 15 is 0 Å². The molecule has 4 atom stereocenters. The Morgan fingerprint density at radius 1 is 1.48 bits per heavy atom. The Hall–Kier alpha value is -1.58. The lowest BCUT2D eigenvalue weighted by molar-refractivity contribution is -0.00658. The van der Waals surface area contributed by atoms with Gasteiger partial charge in [0.2, 0.25) is 0 Å². The van der Waals surface area contributed by atoms with Crippen molar-refractivity contribution in [2.45, 2.75) is 57.5 Å². The zero-order chi connectivity index (χ0) is 14.8. The number of ether oxygens (including phenoxy) is 1. The van der Waals surface area contributed by atoms with Gasteiger partial charge in [-0.2, -0.15) is 0 Å². The van der Waals surface area contributed by atoms with Gasteiger partial charge < -0.3 is 9.64 Å². The molecule has 0 saturated carbocycles. The highest BCUT2D eigenvalue weighted by Crippen LogP contribution is 2.45. The molecule has 1 aromatic heterocycles. The molecule has 1 aromatic rings. The molecule has 114 valence electrons. The van der Waals surface area contributed by atoms with Gasteiger partial charge in [0.15, 0.2) is 0 Å². The van der Waals surface area contributed by atoms with Gasteiger partial charge in [0.25, 0.3) is 0 Å². The van der Waals surface area contributed by atoms with Crippen molar-refractivity contribution in [2.75, 3.05) is 6.61 Å². The summed E-state index contributed by atoms with van der Waals surface area (Å²) in [6.07, 6.45) is 8.12. The van der Waals surface area contributed by atoms with Crippen LogP contribution >= 0.6 is 0 Å². The fourth-order valence-corrected chi connectivity index (χ4v) is 4.15. The number of carbonyl (C=O) groups is 1. The Bertz CT molecular complexity index is 491. The Kier molecular flexibility index (Phi) is 4.13. The Balaban J connectivity index is 1.84. The predicted molar refractivity (Wildman–Crippen MR) is 81.0 cm³/mol. The van der Waals surface area contributed by atoms with Gasteiger partial charge in [-0.25, -0.2) is 4.79 Å². The van der Waals surface area contributed by atoms with E-state index in [4.69, 9.17) is 4.74 Å². The van der Waals surface area contributed by atoms with Crippen molar-refractivity contribution in [1.82, 2.24) is 9.88 Å². The molecule has 21 heavy (non-hydrogen) atoms. The molecule has 2 bridgehead atoms. The van der Waals surface area contributed by atoms with E-state index in [0.717, 1.165) is 19.3 Å². The van der Waals surface area contributed by atoms with Crippen molar-refractivity contribution in [2.24, 2.45) is 5.92 Å². The zero-order valence-corrected chi connectivity index (χ0v) is 12.9. The van der Waals surface area contributed by atoms with E-state index in [-0.39, 0.29) is 6.09 Å². The third-order valence-electron chi connectivity index (χ3n) is 5.15. The van der Waals surface area contributed by atoms with Crippen molar-refractivity contribution in [1.29, 1.82) is 0 Å². The van der Waals surface area contributed by atoms with E-state index in [9.17, 15) is 4.79 Å². The second-order valence-corrected chi connectivity index (χ2v) is 6.25. The number of fused-ring (bicyclic) bond motifs is 2. The number of hydrogen-bond acceptors (Lipinski definition) is 3. The molecule has 2 saturated heterocycles. The number of amides is 1. The monoisotopic (exact) mass is 288 g/mol. The average molecular weight is 288 g/mol. The maximum atomic E-state index is 12.3. The smallest absolute Gasteiger partial charge is 0.410 e. The van der Waals surface area contributed by atoms with Crippen LogP contribution in [-0.4, -0.2) is 34.7 Å². The van der Waals surface area contributed by atoms with Gasteiger partial charge in [-0.05, 0) is 56.1 Å². The highest BCUT2D eigenvalue weighted by molar-refractivity contribution is 5.69. The SMILES string of the molecule is CCOC(=O)N1C2CCCC1C(C)C(c1cccnc1)C2. The summed E-state index contributed by atoms with van der Waals surface area (Å²) in [5.74, 6) is 0.954. The van der Waals surface area contributed by atoms with Crippen molar-refractivity contribution in [3.8, 4) is 0 Å². The summed E-state index contributed by atoms with van der Waals surface area (Å²) in [5, 5.41) is 0. The Labute approximate surface area is 126 Å². The first-order valence-corrected chi connectivity index (χ1v) is 8.07. The predicted octanol–water partition coefficient (Wildman–Crippen LogP) is 3.58. The molecule has 0 N–H and O–H groups in total. The Morgan fingerprint density at radius 2 is 2.33 bits per heavy atom. The number of aromatic nitrogens is 1. The molecule has 4 unspecified atom stereocenters. The standard InChI is InChI=1S/C17H24N2O2/c1-3-21-17(20)19-14-7-4-8-16(19)12(2)15(10-14)13-6-5-9-18-11-13/h5-6,9,11-12,14-16H,3-4,7-8,10H2,1-2H3. The third kappa shape index (κ3) is 2.63. The minimum Gasteiger partial charge on any atom is -0.450 e. The number of piperidine rings is 2. The number of nitrogens with zero attached hydrogens (tertiary/aromatic N) is 2. The number of hydrogen-bond donors (Lipinski definition) is 0. The summed E-state index contributed by atoms with van der Waals surface area (Å²) in [7, 11) is 0. The zero-order valence-electron chi connectivity index (χ0n) is 12.9. The van der Waals surface area contributed by atoms with Crippen molar-refractivity contribution < 1.29 is 9.53 Å². The molecular formula is C17H24N2O2. The van der Waals surface area contributed by atoms with Crippen LogP contribution in [0, 0.1) is 5.92 Å². The van der Waals surface area contributed by atoms with Crippen LogP contribution in [-0.2, 0) is 4.74 Å². The van der Waals surface area contributed by atoms with E-state index in [2.05, 4.69) is 18.0 Å². The number of pyridine rings is 1. The van der Waals surface area contributed by atoms with E-state index in [1.807, 2.05) is 30.3 Å². The quantitative estimate of drug-likeness (QED) is 0.835. The molecule has 2 fully saturated rings. The summed E-state index contributed by atoms with van der Waals surface area (Å²) >= 11 is 0. The lowest BCUT2D eigenvalue weighted by atomic mass is 9.70. The van der Waals surface area contributed by atoms with Crippen LogP contribution in [0.3, 0.4) is 0 Å². The van der Waals surface area contributed by atoms with Crippen LogP contribution in [0.15, 0.2) is 24.5 Å². The van der Waals surface area contributed by atoms with Crippen LogP contribution in [0.4, 0.5) is 4.79 Å². The van der Waals surface area contributed by atoms with Crippen molar-refractivity contribution in [3.05, 3.63) is 30.1 Å². The van der Waals surface area contributed by atoms with E-state index in [0.29, 0.717) is 30.5 Å². The summed E-state index contributed by atoms with van der Waals surface area (Å²) in [4.78, 5) is 18.6. The third-order valence-corrected chi connectivity index (χ3v) is 5.15. The molecule has 0 radical (unpaired) electrons. The lowest BCUT2D eigenvalue weighted by Gasteiger charge is -2.51. The first kappa shape index (κ1) is 14.4. The summed E-state index contributed by atoms with van der Waals surface area (Å²) in [5.41, 5.74) is 1.31. The van der Waals surface area contributed by atoms with Gasteiger partial charge in [-0.1, -0.05) is 13.0 Å². The number of carbonyl (C=O) groups excluding carboxylic acids is 1. The number of rotatable bonds is 2. The van der Waals surface area contributed by atoms with Crippen LogP contribution in [0.2, 0.25) is 0 Å². The maximum Gasteiger partial charge on any atom is 0.410 e. The minimum absolute atomic E-state index is 0.122. The summed E-state index contributed by atoms with van der Waals surface area (Å²) < 4.78 is 5.28. The molecule has 0 spiro atoms. The largest absolute Gasteiger partial charge is 0.450 e. The van der Waals surface area contributed by atoms with Crippen molar-refractivity contribution >= 4 is 6.09 Å². The first-order chi connectivity index (χ1) is 10.2. The molecule has 3 rings (SSSR count). The van der Waals surface area contributed by atoms with Gasteiger partial charge >= 0.3 is 6.09 Å². The molecule has 4 nitrogen and oxygen atoms in total. The highest BCUT2D eigenvalue weighted by Gasteiger charge is 2.46. The molecule has 0 aromatic carbocycles. The maximum absolute atomic E-state index is 12.3. The summed E-state index contributed by atoms with van der Waals surface area (Å²) in [6.45, 7) is 4.60. The normalized spacial score (nSPS) is 31.8. The van der Waals surface area contributed by atoms with Gasteiger partial charge in [-0.3, -0.25) is 4.98 Å². The van der Waals surface area contributed by atoms with Crippen LogP contribution in [0.5, 0.6) is 0 Å². The molecule has 1 amide bonds. The van der Waals surface area contributed by atoms with Gasteiger partial charge in [0.1, 0.15) is 0 Å². The van der Waals surface area contributed by atoms with Gasteiger partial charge in [-0.15, -0.1) is 0 Å². The average Bonchev–Trinajstić information content (AvgIpc) is 2.51. The van der Waals surface area contributed by atoms with E-state index in [1.54, 1.807) is 0 Å². The Morgan fingerprint density at radius 3 is 3.05 bits per heavy atom. The molecule has 0 aliphatic carbocycles. The second kappa shape index (κ2) is 6.04. The van der Waals surface area contributed by atoms with Gasteiger partial charge in [0.05, 0.1) is 6.61 Å². The molecule has 4 heteroatoms. The minimum atomic E-state index is -0.122. The van der Waals surface area contributed by atoms with Crippen LogP contribution in [0.1, 0.15) is 51.0 Å². The van der Waals surface area contributed by atoms with Crippen molar-refractivity contribution in [3.63, 3.8) is 0 Å². The molecular weight excluding hydrogens is 264 g/mol. The highest BCUT2D eigenvalue weighted by atomic mass is 16.6. The van der Waals surface area contributed by atoms with Crippen LogP contribution < -0.4 is 0 Å². The lowest BCUT2D eigenvalue weighted by Crippen LogP contribution is -2.57. The summed E-state index contributed by atoms with van der Waals surface area (Å²) in [6, 6.07) is 4.81. The van der Waals surface area contributed by atoms with Crippen LogP contribution in [0.25, 0.3) is 0 Å². The fourth-order valence-electron chi connectivity index (χ4n) is 4.15. The van der Waals surface area contributed by atoms with E-state index in [1.165, 1.54) is 12.0 Å². The van der Waals surface area contributed by atoms with E-state index < -0.39 is 0 Å². The molecule has 2 aliphatic heterocycles. The molecule has 2 aliphatic rings. The second-order valence-electron chi connectivity index (χ2n) is 6.25. The molecule has 3 heterocycles. The first-order valence-electron chi connectivity index (χ1n) is 8.07. The fraction of sp³-hybridized carbons (Fsp3) is 0.647. The van der Waals surface area contributed by atoms with Gasteiger partial charge in [0, 0.05) is 24.5 Å². The topological polar surface area (TPSA) is 42.4 Å².